The van der Waals surface area contributed by atoms with Crippen molar-refractivity contribution < 1.29 is 14.6 Å². The van der Waals surface area contributed by atoms with E-state index in [1.54, 1.807) is 42.1 Å². The summed E-state index contributed by atoms with van der Waals surface area (Å²) in [6, 6.07) is 10.3. The Kier molecular flexibility index (Phi) is 6.80. The first-order valence-corrected chi connectivity index (χ1v) is 10.9. The molecular formula is C23H24ClN7O3. The monoisotopic (exact) mass is 481 g/mol. The van der Waals surface area contributed by atoms with E-state index in [-0.39, 0.29) is 19.1 Å². The fraction of sp³-hybridized carbons (Fsp3) is 0.217. The first-order chi connectivity index (χ1) is 16.4. The second kappa shape index (κ2) is 9.94. The standard InChI is InChI=1S/C23H24ClN7O3/c1-13-3-5-15(29-23(33)14-4-6-17(16(24)9-14)26-7-8-32)10-19(13)34-11-18-20-21(25)27-12-28-22(20)31(2)30-18/h3-6,9-10,12,26,32H,7-8,11H2,1-2H3,(H,29,33)(H2,25,27,28). The van der Waals surface area contributed by atoms with E-state index in [1.165, 1.54) is 6.33 Å². The summed E-state index contributed by atoms with van der Waals surface area (Å²) in [6.07, 6.45) is 1.40. The third-order valence-electron chi connectivity index (χ3n) is 5.19. The highest BCUT2D eigenvalue weighted by Crippen LogP contribution is 2.27. The van der Waals surface area contributed by atoms with Gasteiger partial charge in [-0.3, -0.25) is 4.79 Å². The maximum absolute atomic E-state index is 12.7. The van der Waals surface area contributed by atoms with Crippen molar-refractivity contribution in [1.29, 1.82) is 0 Å². The molecule has 11 heteroatoms. The lowest BCUT2D eigenvalue weighted by Crippen LogP contribution is -2.13. The second-order valence-electron chi connectivity index (χ2n) is 7.60. The van der Waals surface area contributed by atoms with E-state index in [4.69, 9.17) is 27.2 Å². The molecule has 10 nitrogen and oxygen atoms in total. The smallest absolute Gasteiger partial charge is 0.255 e. The SMILES string of the molecule is Cc1ccc(NC(=O)c2ccc(NCCO)c(Cl)c2)cc1OCc1nn(C)c2ncnc(N)c12. The number of hydrogen-bond donors (Lipinski definition) is 4. The number of carbonyl (C=O) groups excluding carboxylic acids is 1. The minimum atomic E-state index is -0.314. The second-order valence-corrected chi connectivity index (χ2v) is 8.00. The van der Waals surface area contributed by atoms with Crippen molar-refractivity contribution in [2.75, 3.05) is 29.5 Å². The molecule has 0 bridgehead atoms. The molecule has 4 aromatic rings. The van der Waals surface area contributed by atoms with Gasteiger partial charge in [-0.15, -0.1) is 0 Å². The predicted molar refractivity (Wildman–Crippen MR) is 131 cm³/mol. The molecule has 0 saturated heterocycles. The van der Waals surface area contributed by atoms with Crippen LogP contribution < -0.4 is 21.1 Å². The van der Waals surface area contributed by atoms with Gasteiger partial charge in [0.25, 0.3) is 5.91 Å². The van der Waals surface area contributed by atoms with Crippen LogP contribution in [0.3, 0.4) is 0 Å². The zero-order chi connectivity index (χ0) is 24.2. The number of halogens is 1. The number of fused-ring (bicyclic) bond motifs is 1. The van der Waals surface area contributed by atoms with Gasteiger partial charge in [-0.2, -0.15) is 5.10 Å². The number of nitrogens with zero attached hydrogens (tertiary/aromatic N) is 4. The van der Waals surface area contributed by atoms with Gasteiger partial charge in [-0.25, -0.2) is 14.6 Å². The van der Waals surface area contributed by atoms with Crippen molar-refractivity contribution in [2.45, 2.75) is 13.5 Å². The summed E-state index contributed by atoms with van der Waals surface area (Å²) >= 11 is 6.24. The molecule has 0 atom stereocenters. The maximum atomic E-state index is 12.7. The molecule has 2 aromatic carbocycles. The number of aryl methyl sites for hydroxylation is 2. The fourth-order valence-corrected chi connectivity index (χ4v) is 3.71. The Morgan fingerprint density at radius 2 is 2.06 bits per heavy atom. The molecule has 0 unspecified atom stereocenters. The third-order valence-corrected chi connectivity index (χ3v) is 5.50. The molecule has 5 N–H and O–H groups in total. The molecule has 34 heavy (non-hydrogen) atoms. The summed E-state index contributed by atoms with van der Waals surface area (Å²) in [5, 5.41) is 20.3. The van der Waals surface area contributed by atoms with Gasteiger partial charge < -0.3 is 26.2 Å². The van der Waals surface area contributed by atoms with Gasteiger partial charge in [0, 0.05) is 30.9 Å². The Labute approximate surface area is 200 Å². The molecule has 0 spiro atoms. The van der Waals surface area contributed by atoms with E-state index in [0.717, 1.165) is 5.56 Å². The van der Waals surface area contributed by atoms with E-state index in [2.05, 4.69) is 25.7 Å². The summed E-state index contributed by atoms with van der Waals surface area (Å²) in [4.78, 5) is 21.0. The molecule has 2 aromatic heterocycles. The molecule has 2 heterocycles. The topological polar surface area (TPSA) is 140 Å². The number of nitrogen functional groups attached to an aromatic ring is 1. The number of nitrogens with two attached hydrogens (primary N) is 1. The molecule has 176 valence electrons. The molecule has 1 amide bonds. The van der Waals surface area contributed by atoms with Crippen LogP contribution in [0.15, 0.2) is 42.7 Å². The van der Waals surface area contributed by atoms with Gasteiger partial charge in [0.05, 0.1) is 22.7 Å². The van der Waals surface area contributed by atoms with Crippen molar-refractivity contribution in [3.05, 3.63) is 64.6 Å². The van der Waals surface area contributed by atoms with Crippen LogP contribution in [0.5, 0.6) is 5.75 Å². The quantitative estimate of drug-likeness (QED) is 0.301. The number of nitrogens with one attached hydrogen (secondary N) is 2. The molecule has 0 fully saturated rings. The number of hydrogen-bond acceptors (Lipinski definition) is 8. The number of benzene rings is 2. The molecule has 0 saturated carbocycles. The number of aromatic nitrogens is 4. The van der Waals surface area contributed by atoms with Gasteiger partial charge >= 0.3 is 0 Å². The normalized spacial score (nSPS) is 10.9. The first-order valence-electron chi connectivity index (χ1n) is 10.5. The van der Waals surface area contributed by atoms with E-state index in [9.17, 15) is 4.79 Å². The average molecular weight is 482 g/mol. The molecule has 0 radical (unpaired) electrons. The fourth-order valence-electron chi connectivity index (χ4n) is 3.46. The van der Waals surface area contributed by atoms with E-state index in [1.807, 2.05) is 13.0 Å². The van der Waals surface area contributed by atoms with Gasteiger partial charge in [-0.1, -0.05) is 17.7 Å². The highest BCUT2D eigenvalue weighted by atomic mass is 35.5. The van der Waals surface area contributed by atoms with Crippen LogP contribution in [-0.4, -0.2) is 43.9 Å². The molecular weight excluding hydrogens is 458 g/mol. The van der Waals surface area contributed by atoms with Gasteiger partial charge in [0.1, 0.15) is 30.2 Å². The Morgan fingerprint density at radius 1 is 1.24 bits per heavy atom. The number of rotatable bonds is 8. The minimum Gasteiger partial charge on any atom is -0.487 e. The van der Waals surface area contributed by atoms with E-state index >= 15 is 0 Å². The Morgan fingerprint density at radius 3 is 2.82 bits per heavy atom. The average Bonchev–Trinajstić information content (AvgIpc) is 3.15. The molecule has 0 aliphatic carbocycles. The Balaban J connectivity index is 1.48. The van der Waals surface area contributed by atoms with Gasteiger partial charge in [-0.05, 0) is 36.8 Å². The largest absolute Gasteiger partial charge is 0.487 e. The van der Waals surface area contributed by atoms with Crippen molar-refractivity contribution in [1.82, 2.24) is 19.7 Å². The van der Waals surface area contributed by atoms with Crippen molar-refractivity contribution >= 4 is 45.7 Å². The van der Waals surface area contributed by atoms with Crippen LogP contribution in [0.1, 0.15) is 21.6 Å². The zero-order valence-corrected chi connectivity index (χ0v) is 19.4. The number of aliphatic hydroxyl groups excluding tert-OH is 1. The lowest BCUT2D eigenvalue weighted by atomic mass is 10.1. The van der Waals surface area contributed by atoms with Crippen molar-refractivity contribution in [2.24, 2.45) is 7.05 Å². The van der Waals surface area contributed by atoms with Crippen molar-refractivity contribution in [3.63, 3.8) is 0 Å². The summed E-state index contributed by atoms with van der Waals surface area (Å²) in [6.45, 7) is 2.41. The zero-order valence-electron chi connectivity index (χ0n) is 18.7. The highest BCUT2D eigenvalue weighted by molar-refractivity contribution is 6.33. The number of ether oxygens (including phenoxy) is 1. The van der Waals surface area contributed by atoms with Gasteiger partial charge in [0.2, 0.25) is 0 Å². The number of aliphatic hydroxyl groups is 1. The highest BCUT2D eigenvalue weighted by Gasteiger charge is 2.15. The van der Waals surface area contributed by atoms with Crippen LogP contribution in [0.2, 0.25) is 5.02 Å². The minimum absolute atomic E-state index is 0.0197. The number of carbonyl (C=O) groups is 1. The van der Waals surface area contributed by atoms with Crippen LogP contribution in [0.4, 0.5) is 17.2 Å². The van der Waals surface area contributed by atoms with Gasteiger partial charge in [0.15, 0.2) is 5.65 Å². The van der Waals surface area contributed by atoms with Crippen molar-refractivity contribution in [3.8, 4) is 5.75 Å². The molecule has 0 aliphatic heterocycles. The van der Waals surface area contributed by atoms with E-state index in [0.29, 0.717) is 56.8 Å². The predicted octanol–water partition coefficient (Wildman–Crippen LogP) is 3.14. The summed E-state index contributed by atoms with van der Waals surface area (Å²) in [5.74, 6) is 0.616. The van der Waals surface area contributed by atoms with Crippen LogP contribution in [0, 0.1) is 6.92 Å². The number of anilines is 3. The maximum Gasteiger partial charge on any atom is 0.255 e. The van der Waals surface area contributed by atoms with Crippen LogP contribution in [0.25, 0.3) is 11.0 Å². The summed E-state index contributed by atoms with van der Waals surface area (Å²) in [5.41, 5.74) is 9.77. The lowest BCUT2D eigenvalue weighted by Gasteiger charge is -2.12. The summed E-state index contributed by atoms with van der Waals surface area (Å²) < 4.78 is 7.64. The Hall–Kier alpha value is -3.89. The Bertz CT molecular complexity index is 1360. The van der Waals surface area contributed by atoms with E-state index < -0.39 is 0 Å². The molecule has 0 aliphatic rings. The third kappa shape index (κ3) is 4.87. The van der Waals surface area contributed by atoms with Crippen LogP contribution >= 0.6 is 11.6 Å². The first kappa shape index (κ1) is 23.3. The summed E-state index contributed by atoms with van der Waals surface area (Å²) in [7, 11) is 1.78. The lowest BCUT2D eigenvalue weighted by molar-refractivity contribution is 0.102. The number of amides is 1. The molecule has 4 rings (SSSR count). The van der Waals surface area contributed by atoms with Crippen LogP contribution in [-0.2, 0) is 13.7 Å².